The summed E-state index contributed by atoms with van der Waals surface area (Å²) in [6.07, 6.45) is 3.28. The highest BCUT2D eigenvalue weighted by Gasteiger charge is 2.11. The molecule has 0 saturated carbocycles. The number of urea groups is 1. The van der Waals surface area contributed by atoms with Gasteiger partial charge in [-0.25, -0.2) is 9.59 Å². The third-order valence-electron chi connectivity index (χ3n) is 2.82. The molecule has 0 fully saturated rings. The molecule has 7 nitrogen and oxygen atoms in total. The number of rotatable bonds is 4. The van der Waals surface area contributed by atoms with Crippen molar-refractivity contribution in [2.24, 2.45) is 0 Å². The number of anilines is 1. The predicted molar refractivity (Wildman–Crippen MR) is 72.6 cm³/mol. The van der Waals surface area contributed by atoms with Crippen LogP contribution >= 0.6 is 0 Å². The van der Waals surface area contributed by atoms with Gasteiger partial charge in [0.25, 0.3) is 0 Å². The van der Waals surface area contributed by atoms with Crippen LogP contribution in [0, 0.1) is 6.92 Å². The van der Waals surface area contributed by atoms with E-state index in [0.717, 1.165) is 5.56 Å². The fourth-order valence-electron chi connectivity index (χ4n) is 1.73. The molecule has 0 aliphatic carbocycles. The van der Waals surface area contributed by atoms with Crippen molar-refractivity contribution in [2.75, 3.05) is 5.32 Å². The fourth-order valence-corrected chi connectivity index (χ4v) is 1.73. The first-order chi connectivity index (χ1) is 9.58. The normalized spacial score (nSPS) is 10.1. The van der Waals surface area contributed by atoms with E-state index >= 15 is 0 Å². The average Bonchev–Trinajstić information content (AvgIpc) is 2.91. The molecule has 2 amide bonds. The number of hydrogen-bond donors (Lipinski definition) is 4. The van der Waals surface area contributed by atoms with E-state index in [1.807, 2.05) is 0 Å². The zero-order valence-corrected chi connectivity index (χ0v) is 10.8. The van der Waals surface area contributed by atoms with Crippen molar-refractivity contribution in [1.29, 1.82) is 0 Å². The molecule has 0 unspecified atom stereocenters. The summed E-state index contributed by atoms with van der Waals surface area (Å²) in [7, 11) is 0. The van der Waals surface area contributed by atoms with Crippen LogP contribution in [0.15, 0.2) is 30.6 Å². The van der Waals surface area contributed by atoms with Crippen LogP contribution in [0.4, 0.5) is 10.5 Å². The van der Waals surface area contributed by atoms with E-state index in [1.54, 1.807) is 31.5 Å². The maximum absolute atomic E-state index is 11.7. The van der Waals surface area contributed by atoms with Crippen LogP contribution in [0.1, 0.15) is 21.5 Å². The number of aromatic amines is 1. The van der Waals surface area contributed by atoms with Crippen molar-refractivity contribution in [1.82, 2.24) is 15.5 Å². The van der Waals surface area contributed by atoms with E-state index < -0.39 is 12.0 Å². The molecule has 0 radical (unpaired) electrons. The quantitative estimate of drug-likeness (QED) is 0.681. The fraction of sp³-hybridized carbons (Fsp3) is 0.154. The molecule has 0 saturated heterocycles. The Labute approximate surface area is 115 Å². The molecule has 0 atom stereocenters. The number of hydrogen-bond acceptors (Lipinski definition) is 3. The van der Waals surface area contributed by atoms with Gasteiger partial charge in [0, 0.05) is 24.0 Å². The maximum atomic E-state index is 11.7. The van der Waals surface area contributed by atoms with Gasteiger partial charge in [-0.15, -0.1) is 0 Å². The number of aromatic carboxylic acids is 1. The summed E-state index contributed by atoms with van der Waals surface area (Å²) in [5.74, 6) is -1.02. The highest BCUT2D eigenvalue weighted by Crippen LogP contribution is 2.18. The lowest BCUT2D eigenvalue weighted by Crippen LogP contribution is -2.28. The van der Waals surface area contributed by atoms with E-state index in [1.165, 1.54) is 6.07 Å². The molecule has 2 rings (SSSR count). The first kappa shape index (κ1) is 13.6. The Morgan fingerprint density at radius 1 is 1.40 bits per heavy atom. The van der Waals surface area contributed by atoms with Gasteiger partial charge in [0.15, 0.2) is 0 Å². The largest absolute Gasteiger partial charge is 0.478 e. The molecule has 1 heterocycles. The molecule has 0 aliphatic heterocycles. The highest BCUT2D eigenvalue weighted by molar-refractivity contribution is 5.95. The second-order valence-corrected chi connectivity index (χ2v) is 4.20. The van der Waals surface area contributed by atoms with E-state index in [9.17, 15) is 9.59 Å². The SMILES string of the molecule is Cc1c(NC(=O)NCc2cn[nH]c2)cccc1C(=O)O. The Bertz CT molecular complexity index is 623. The number of amides is 2. The van der Waals surface area contributed by atoms with Gasteiger partial charge >= 0.3 is 12.0 Å². The Morgan fingerprint density at radius 3 is 2.85 bits per heavy atom. The van der Waals surface area contributed by atoms with Crippen LogP contribution in [0.25, 0.3) is 0 Å². The monoisotopic (exact) mass is 274 g/mol. The second-order valence-electron chi connectivity index (χ2n) is 4.20. The van der Waals surface area contributed by atoms with Crippen LogP contribution in [0.3, 0.4) is 0 Å². The van der Waals surface area contributed by atoms with Crippen molar-refractivity contribution in [3.63, 3.8) is 0 Å². The molecule has 0 aliphatic rings. The minimum atomic E-state index is -1.02. The van der Waals surface area contributed by atoms with Gasteiger partial charge in [0.05, 0.1) is 11.8 Å². The lowest BCUT2D eigenvalue weighted by atomic mass is 10.1. The minimum absolute atomic E-state index is 0.164. The van der Waals surface area contributed by atoms with Crippen LogP contribution in [0.2, 0.25) is 0 Å². The number of carbonyl (C=O) groups excluding carboxylic acids is 1. The number of nitrogens with one attached hydrogen (secondary N) is 3. The molecule has 104 valence electrons. The number of benzene rings is 1. The molecule has 20 heavy (non-hydrogen) atoms. The van der Waals surface area contributed by atoms with Gasteiger partial charge in [0.2, 0.25) is 0 Å². The predicted octanol–water partition coefficient (Wildman–Crippen LogP) is 1.74. The summed E-state index contributed by atoms with van der Waals surface area (Å²) in [6.45, 7) is 1.98. The number of nitrogens with zero attached hydrogens (tertiary/aromatic N) is 1. The second kappa shape index (κ2) is 5.87. The molecule has 0 spiro atoms. The molecule has 4 N–H and O–H groups in total. The molecule has 1 aromatic heterocycles. The summed E-state index contributed by atoms with van der Waals surface area (Å²) >= 11 is 0. The Morgan fingerprint density at radius 2 is 2.20 bits per heavy atom. The first-order valence-electron chi connectivity index (χ1n) is 5.93. The number of H-pyrrole nitrogens is 1. The number of carbonyl (C=O) groups is 2. The number of aromatic nitrogens is 2. The van der Waals surface area contributed by atoms with Gasteiger partial charge in [-0.05, 0) is 24.6 Å². The summed E-state index contributed by atoms with van der Waals surface area (Å²) in [6, 6.07) is 4.32. The Balaban J connectivity index is 2.01. The van der Waals surface area contributed by atoms with Gasteiger partial charge in [0.1, 0.15) is 0 Å². The van der Waals surface area contributed by atoms with Crippen molar-refractivity contribution in [2.45, 2.75) is 13.5 Å². The summed E-state index contributed by atoms with van der Waals surface area (Å²) < 4.78 is 0. The van der Waals surface area contributed by atoms with Crippen LogP contribution < -0.4 is 10.6 Å². The third kappa shape index (κ3) is 3.14. The van der Waals surface area contributed by atoms with Crippen LogP contribution in [0.5, 0.6) is 0 Å². The molecule has 0 bridgehead atoms. The van der Waals surface area contributed by atoms with Crippen LogP contribution in [-0.4, -0.2) is 27.3 Å². The first-order valence-corrected chi connectivity index (χ1v) is 5.93. The number of carboxylic acids is 1. The lowest BCUT2D eigenvalue weighted by Gasteiger charge is -2.11. The summed E-state index contributed by atoms with van der Waals surface area (Å²) in [5, 5.41) is 20.7. The van der Waals surface area contributed by atoms with E-state index in [4.69, 9.17) is 5.11 Å². The molecule has 1 aromatic carbocycles. The number of carboxylic acid groups (broad SMARTS) is 1. The highest BCUT2D eigenvalue weighted by atomic mass is 16.4. The Kier molecular flexibility index (Phi) is 3.99. The van der Waals surface area contributed by atoms with Gasteiger partial charge in [-0.1, -0.05) is 6.07 Å². The van der Waals surface area contributed by atoms with Crippen molar-refractivity contribution < 1.29 is 14.7 Å². The zero-order chi connectivity index (χ0) is 14.5. The summed E-state index contributed by atoms with van der Waals surface area (Å²) in [4.78, 5) is 22.7. The topological polar surface area (TPSA) is 107 Å². The van der Waals surface area contributed by atoms with Gasteiger partial charge < -0.3 is 15.7 Å². The standard InChI is InChI=1S/C13H14N4O3/c1-8-10(12(18)19)3-2-4-11(8)17-13(20)14-5-9-6-15-16-7-9/h2-4,6-7H,5H2,1H3,(H,15,16)(H,18,19)(H2,14,17,20). The molecule has 7 heteroatoms. The maximum Gasteiger partial charge on any atom is 0.336 e. The lowest BCUT2D eigenvalue weighted by molar-refractivity contribution is 0.0696. The Hall–Kier alpha value is -2.83. The average molecular weight is 274 g/mol. The van der Waals surface area contributed by atoms with E-state index in [-0.39, 0.29) is 5.56 Å². The molecule has 2 aromatic rings. The van der Waals surface area contributed by atoms with Crippen LogP contribution in [-0.2, 0) is 6.54 Å². The van der Waals surface area contributed by atoms with E-state index in [0.29, 0.717) is 17.8 Å². The van der Waals surface area contributed by atoms with Gasteiger partial charge in [-0.2, -0.15) is 5.10 Å². The van der Waals surface area contributed by atoms with Gasteiger partial charge in [-0.3, -0.25) is 5.10 Å². The molecular formula is C13H14N4O3. The third-order valence-corrected chi connectivity index (χ3v) is 2.82. The minimum Gasteiger partial charge on any atom is -0.478 e. The van der Waals surface area contributed by atoms with Crippen molar-refractivity contribution >= 4 is 17.7 Å². The van der Waals surface area contributed by atoms with E-state index in [2.05, 4.69) is 20.8 Å². The van der Waals surface area contributed by atoms with Crippen molar-refractivity contribution in [3.05, 3.63) is 47.3 Å². The smallest absolute Gasteiger partial charge is 0.336 e. The molecular weight excluding hydrogens is 260 g/mol. The van der Waals surface area contributed by atoms with Crippen molar-refractivity contribution in [3.8, 4) is 0 Å². The summed E-state index contributed by atoms with van der Waals surface area (Å²) in [5.41, 5.74) is 1.99. The zero-order valence-electron chi connectivity index (χ0n) is 10.8.